The molecule has 0 amide bonds. The van der Waals surface area contributed by atoms with Crippen LogP contribution in [0.15, 0.2) is 18.3 Å². The van der Waals surface area contributed by atoms with Crippen molar-refractivity contribution < 1.29 is 8.42 Å². The molecule has 1 atom stereocenters. The number of nitrogens with one attached hydrogen (secondary N) is 1. The number of anilines is 2. The van der Waals surface area contributed by atoms with E-state index in [1.165, 1.54) is 0 Å². The standard InChI is InChI=1S/C10H15N3O2S/c11-10-2-1-9(6-13-10)12-5-8-3-4-16(14,15)7-8/h1-2,6,8,12H,3-5,7H2,(H2,11,13). The van der Waals surface area contributed by atoms with Gasteiger partial charge in [-0.05, 0) is 24.5 Å². The van der Waals surface area contributed by atoms with E-state index in [9.17, 15) is 8.42 Å². The van der Waals surface area contributed by atoms with Crippen LogP contribution in [0.25, 0.3) is 0 Å². The van der Waals surface area contributed by atoms with Gasteiger partial charge in [0.2, 0.25) is 0 Å². The Hall–Kier alpha value is -1.30. The van der Waals surface area contributed by atoms with E-state index < -0.39 is 9.84 Å². The zero-order chi connectivity index (χ0) is 11.6. The van der Waals surface area contributed by atoms with Gasteiger partial charge in [0.25, 0.3) is 0 Å². The van der Waals surface area contributed by atoms with E-state index in [0.717, 1.165) is 12.1 Å². The number of nitrogen functional groups attached to an aromatic ring is 1. The Morgan fingerprint density at radius 2 is 2.31 bits per heavy atom. The molecule has 1 saturated heterocycles. The average molecular weight is 241 g/mol. The average Bonchev–Trinajstić information content (AvgIpc) is 2.58. The highest BCUT2D eigenvalue weighted by Crippen LogP contribution is 2.19. The zero-order valence-electron chi connectivity index (χ0n) is 8.89. The maximum Gasteiger partial charge on any atom is 0.150 e. The molecule has 0 aliphatic carbocycles. The third kappa shape index (κ3) is 2.85. The predicted octanol–water partition coefficient (Wildman–Crippen LogP) is 0.510. The Morgan fingerprint density at radius 3 is 2.88 bits per heavy atom. The van der Waals surface area contributed by atoms with Crippen LogP contribution in [0.5, 0.6) is 0 Å². The number of pyridine rings is 1. The van der Waals surface area contributed by atoms with Crippen LogP contribution in [-0.2, 0) is 9.84 Å². The van der Waals surface area contributed by atoms with E-state index in [1.807, 2.05) is 6.07 Å². The number of aromatic nitrogens is 1. The molecule has 1 aromatic rings. The van der Waals surface area contributed by atoms with Crippen molar-refractivity contribution in [2.75, 3.05) is 29.1 Å². The summed E-state index contributed by atoms with van der Waals surface area (Å²) in [5.41, 5.74) is 6.34. The summed E-state index contributed by atoms with van der Waals surface area (Å²) in [6.07, 6.45) is 2.40. The lowest BCUT2D eigenvalue weighted by Gasteiger charge is -2.10. The van der Waals surface area contributed by atoms with Gasteiger partial charge >= 0.3 is 0 Å². The molecule has 6 heteroatoms. The fourth-order valence-electron chi connectivity index (χ4n) is 1.81. The Kier molecular flexibility index (Phi) is 3.00. The molecule has 2 rings (SSSR count). The van der Waals surface area contributed by atoms with Crippen LogP contribution in [0.3, 0.4) is 0 Å². The molecule has 0 bridgehead atoms. The molecule has 16 heavy (non-hydrogen) atoms. The van der Waals surface area contributed by atoms with Gasteiger partial charge in [0, 0.05) is 6.54 Å². The molecule has 0 saturated carbocycles. The first kappa shape index (κ1) is 11.2. The molecule has 1 fully saturated rings. The second-order valence-electron chi connectivity index (χ2n) is 4.12. The number of sulfone groups is 1. The Balaban J connectivity index is 1.87. The van der Waals surface area contributed by atoms with Crippen molar-refractivity contribution in [3.05, 3.63) is 18.3 Å². The minimum Gasteiger partial charge on any atom is -0.384 e. The first-order chi connectivity index (χ1) is 7.55. The van der Waals surface area contributed by atoms with Crippen molar-refractivity contribution in [2.45, 2.75) is 6.42 Å². The van der Waals surface area contributed by atoms with Gasteiger partial charge in [0.05, 0.1) is 23.4 Å². The fourth-order valence-corrected chi connectivity index (χ4v) is 3.67. The highest BCUT2D eigenvalue weighted by molar-refractivity contribution is 7.91. The third-order valence-corrected chi connectivity index (χ3v) is 4.54. The molecule has 0 radical (unpaired) electrons. The monoisotopic (exact) mass is 241 g/mol. The largest absolute Gasteiger partial charge is 0.384 e. The molecular formula is C10H15N3O2S. The molecule has 1 unspecified atom stereocenters. The van der Waals surface area contributed by atoms with Gasteiger partial charge in [0.15, 0.2) is 9.84 Å². The molecule has 88 valence electrons. The lowest BCUT2D eigenvalue weighted by atomic mass is 10.1. The molecule has 5 nitrogen and oxygen atoms in total. The van der Waals surface area contributed by atoms with Crippen molar-refractivity contribution in [3.63, 3.8) is 0 Å². The van der Waals surface area contributed by atoms with Crippen molar-refractivity contribution in [1.82, 2.24) is 4.98 Å². The summed E-state index contributed by atoms with van der Waals surface area (Å²) in [6, 6.07) is 3.56. The zero-order valence-corrected chi connectivity index (χ0v) is 9.70. The topological polar surface area (TPSA) is 85.1 Å². The second-order valence-corrected chi connectivity index (χ2v) is 6.35. The summed E-state index contributed by atoms with van der Waals surface area (Å²) in [5.74, 6) is 1.30. The van der Waals surface area contributed by atoms with Gasteiger partial charge in [-0.1, -0.05) is 0 Å². The predicted molar refractivity (Wildman–Crippen MR) is 63.9 cm³/mol. The number of hydrogen-bond donors (Lipinski definition) is 2. The van der Waals surface area contributed by atoms with Gasteiger partial charge < -0.3 is 11.1 Å². The van der Waals surface area contributed by atoms with Crippen molar-refractivity contribution >= 4 is 21.3 Å². The first-order valence-electron chi connectivity index (χ1n) is 5.21. The molecule has 3 N–H and O–H groups in total. The molecule has 1 aliphatic rings. The van der Waals surface area contributed by atoms with Crippen LogP contribution in [0.2, 0.25) is 0 Å². The van der Waals surface area contributed by atoms with Crippen LogP contribution in [0, 0.1) is 5.92 Å². The van der Waals surface area contributed by atoms with Crippen LogP contribution in [0.1, 0.15) is 6.42 Å². The molecule has 1 aromatic heterocycles. The number of nitrogens with two attached hydrogens (primary N) is 1. The fraction of sp³-hybridized carbons (Fsp3) is 0.500. The summed E-state index contributed by atoms with van der Waals surface area (Å²) in [7, 11) is -2.78. The smallest absolute Gasteiger partial charge is 0.150 e. The summed E-state index contributed by atoms with van der Waals surface area (Å²) < 4.78 is 22.5. The minimum absolute atomic E-state index is 0.211. The lowest BCUT2D eigenvalue weighted by Crippen LogP contribution is -2.15. The van der Waals surface area contributed by atoms with E-state index in [4.69, 9.17) is 5.73 Å². The van der Waals surface area contributed by atoms with Crippen molar-refractivity contribution in [1.29, 1.82) is 0 Å². The van der Waals surface area contributed by atoms with E-state index in [1.54, 1.807) is 12.3 Å². The highest BCUT2D eigenvalue weighted by atomic mass is 32.2. The molecule has 0 spiro atoms. The van der Waals surface area contributed by atoms with Gasteiger partial charge in [-0.2, -0.15) is 0 Å². The van der Waals surface area contributed by atoms with E-state index >= 15 is 0 Å². The number of nitrogens with zero attached hydrogens (tertiary/aromatic N) is 1. The normalized spacial score (nSPS) is 23.1. The Labute approximate surface area is 95.0 Å². The Bertz CT molecular complexity index is 455. The van der Waals surface area contributed by atoms with Crippen molar-refractivity contribution in [2.24, 2.45) is 5.92 Å². The van der Waals surface area contributed by atoms with E-state index in [-0.39, 0.29) is 5.92 Å². The van der Waals surface area contributed by atoms with Crippen LogP contribution in [-0.4, -0.2) is 31.5 Å². The first-order valence-corrected chi connectivity index (χ1v) is 7.03. The van der Waals surface area contributed by atoms with Gasteiger partial charge in [0.1, 0.15) is 5.82 Å². The minimum atomic E-state index is -2.78. The Morgan fingerprint density at radius 1 is 1.50 bits per heavy atom. The molecule has 2 heterocycles. The quantitative estimate of drug-likeness (QED) is 0.805. The van der Waals surface area contributed by atoms with E-state index in [2.05, 4.69) is 10.3 Å². The van der Waals surface area contributed by atoms with Crippen LogP contribution < -0.4 is 11.1 Å². The molecular weight excluding hydrogens is 226 g/mol. The van der Waals surface area contributed by atoms with Gasteiger partial charge in [-0.15, -0.1) is 0 Å². The van der Waals surface area contributed by atoms with E-state index in [0.29, 0.717) is 23.9 Å². The maximum absolute atomic E-state index is 11.2. The van der Waals surface area contributed by atoms with Crippen molar-refractivity contribution in [3.8, 4) is 0 Å². The third-order valence-electron chi connectivity index (χ3n) is 2.71. The maximum atomic E-state index is 11.2. The van der Waals surface area contributed by atoms with Crippen LogP contribution >= 0.6 is 0 Å². The number of rotatable bonds is 3. The highest BCUT2D eigenvalue weighted by Gasteiger charge is 2.27. The lowest BCUT2D eigenvalue weighted by molar-refractivity contribution is 0.596. The van der Waals surface area contributed by atoms with Gasteiger partial charge in [-0.25, -0.2) is 13.4 Å². The van der Waals surface area contributed by atoms with Crippen LogP contribution in [0.4, 0.5) is 11.5 Å². The summed E-state index contributed by atoms with van der Waals surface area (Å²) in [4.78, 5) is 3.95. The summed E-state index contributed by atoms with van der Waals surface area (Å²) >= 11 is 0. The number of hydrogen-bond acceptors (Lipinski definition) is 5. The summed E-state index contributed by atoms with van der Waals surface area (Å²) in [6.45, 7) is 0.671. The summed E-state index contributed by atoms with van der Waals surface area (Å²) in [5, 5.41) is 3.17. The second kappa shape index (κ2) is 4.29. The molecule has 1 aliphatic heterocycles. The molecule has 0 aromatic carbocycles. The van der Waals surface area contributed by atoms with Gasteiger partial charge in [-0.3, -0.25) is 0 Å². The SMILES string of the molecule is Nc1ccc(NCC2CCS(=O)(=O)C2)cn1.